The van der Waals surface area contributed by atoms with Gasteiger partial charge in [0.15, 0.2) is 5.78 Å². The van der Waals surface area contributed by atoms with Gasteiger partial charge in [0.1, 0.15) is 17.6 Å². The number of hydrogen-bond donors (Lipinski definition) is 1. The molecule has 0 radical (unpaired) electrons. The summed E-state index contributed by atoms with van der Waals surface area (Å²) in [5.41, 5.74) is 0.284. The smallest absolute Gasteiger partial charge is 0.178 e. The second kappa shape index (κ2) is 12.2. The number of allylic oxidation sites excluding steroid dienone is 2. The lowest BCUT2D eigenvalue weighted by Crippen LogP contribution is -2.60. The van der Waals surface area contributed by atoms with E-state index in [9.17, 15) is 14.9 Å². The zero-order valence-corrected chi connectivity index (χ0v) is 29.4. The lowest BCUT2D eigenvalue weighted by atomic mass is 9.39. The fraction of sp³-hybridized carbons (Fsp3) is 0.789. The van der Waals surface area contributed by atoms with Crippen LogP contribution in [0.25, 0.3) is 0 Å². The van der Waals surface area contributed by atoms with Crippen molar-refractivity contribution in [2.24, 2.45) is 44.3 Å². The molecule has 6 heteroatoms. The van der Waals surface area contributed by atoms with E-state index in [0.717, 1.165) is 69.4 Å². The zero-order valence-electron chi connectivity index (χ0n) is 29.4. The van der Waals surface area contributed by atoms with Crippen LogP contribution in [0.15, 0.2) is 22.2 Å². The van der Waals surface area contributed by atoms with Crippen LogP contribution in [0.1, 0.15) is 138 Å². The second-order valence-electron chi connectivity index (χ2n) is 17.6. The van der Waals surface area contributed by atoms with Gasteiger partial charge in [-0.3, -0.25) is 9.59 Å². The minimum absolute atomic E-state index is 0.0381. The lowest BCUT2D eigenvalue weighted by Gasteiger charge is -2.64. The Bertz CT molecular complexity index is 1310. The van der Waals surface area contributed by atoms with E-state index in [1.165, 1.54) is 0 Å². The van der Waals surface area contributed by atoms with Gasteiger partial charge in [-0.2, -0.15) is 5.26 Å². The first-order valence-electron chi connectivity index (χ1n) is 17.1. The number of hydrogen-bond acceptors (Lipinski definition) is 6. The van der Waals surface area contributed by atoms with Gasteiger partial charge >= 0.3 is 0 Å². The second-order valence-corrected chi connectivity index (χ2v) is 17.6. The van der Waals surface area contributed by atoms with Gasteiger partial charge in [-0.1, -0.05) is 73.5 Å². The first-order chi connectivity index (χ1) is 20.3. The van der Waals surface area contributed by atoms with Gasteiger partial charge in [0, 0.05) is 37.4 Å². The Kier molecular flexibility index (Phi) is 9.56. The fourth-order valence-electron chi connectivity index (χ4n) is 9.47. The van der Waals surface area contributed by atoms with Crippen LogP contribution in [0, 0.1) is 62.6 Å². The highest BCUT2D eigenvalue weighted by Crippen LogP contribution is 2.68. The largest absolute Gasteiger partial charge is 0.361 e. The third-order valence-corrected chi connectivity index (χ3v) is 13.1. The van der Waals surface area contributed by atoms with Gasteiger partial charge in [0.05, 0.1) is 11.3 Å². The topological polar surface area (TPSA) is 96.0 Å². The Morgan fingerprint density at radius 3 is 2.27 bits per heavy atom. The maximum Gasteiger partial charge on any atom is 0.178 e. The number of carbonyl (C=O) groups is 2. The van der Waals surface area contributed by atoms with E-state index in [4.69, 9.17) is 4.52 Å². The molecule has 2 saturated carbocycles. The third kappa shape index (κ3) is 6.64. The standard InChI is InChI=1S/C38H59N3O3/c1-26-20-28(41-44-26)24-40-25-36(8)18-16-33(2,3)14-11-12-29(42)21-31-37(9)22-27(23-39)32(43)35(6,7)30(37)13-15-38(31,10)34(4,5)17-19-36/h20,22,30-31,40H,11-19,21,24-25H2,1-10H3/t30-,31+,36-,37-,38+/m0/s1. The van der Waals surface area contributed by atoms with Crippen LogP contribution < -0.4 is 5.32 Å². The van der Waals surface area contributed by atoms with Crippen LogP contribution in [0.4, 0.5) is 0 Å². The number of ketones is 2. The van der Waals surface area contributed by atoms with Gasteiger partial charge in [-0.05, 0) is 97.2 Å². The molecule has 3 aliphatic rings. The molecule has 44 heavy (non-hydrogen) atoms. The number of nitrogens with one attached hydrogen (secondary N) is 1. The van der Waals surface area contributed by atoms with E-state index in [0.29, 0.717) is 25.2 Å². The summed E-state index contributed by atoms with van der Waals surface area (Å²) in [6.45, 7) is 24.3. The zero-order chi connectivity index (χ0) is 32.8. The summed E-state index contributed by atoms with van der Waals surface area (Å²) >= 11 is 0. The number of Topliss-reactive ketones (excluding diaryl/α,β-unsaturated/α-hetero) is 2. The average Bonchev–Trinajstić information content (AvgIpc) is 3.35. The summed E-state index contributed by atoms with van der Waals surface area (Å²) in [6, 6.07) is 4.25. The van der Waals surface area contributed by atoms with Crippen molar-refractivity contribution in [3.8, 4) is 6.07 Å². The molecule has 1 N–H and O–H groups in total. The van der Waals surface area contributed by atoms with Crippen LogP contribution in [0.2, 0.25) is 0 Å². The van der Waals surface area contributed by atoms with Crippen molar-refractivity contribution >= 4 is 11.6 Å². The van der Waals surface area contributed by atoms with E-state index in [-0.39, 0.29) is 44.9 Å². The van der Waals surface area contributed by atoms with Crippen LogP contribution in [0.5, 0.6) is 0 Å². The maximum absolute atomic E-state index is 13.8. The molecule has 0 aliphatic heterocycles. The predicted molar refractivity (Wildman–Crippen MR) is 175 cm³/mol. The number of carbonyl (C=O) groups excluding carboxylic acids is 2. The van der Waals surface area contributed by atoms with Gasteiger partial charge in [-0.15, -0.1) is 0 Å². The van der Waals surface area contributed by atoms with Crippen LogP contribution in [-0.4, -0.2) is 23.3 Å². The highest BCUT2D eigenvalue weighted by molar-refractivity contribution is 6.04. The maximum atomic E-state index is 13.8. The van der Waals surface area contributed by atoms with Gasteiger partial charge in [0.25, 0.3) is 0 Å². The summed E-state index contributed by atoms with van der Waals surface area (Å²) in [7, 11) is 0. The number of fused-ring (bicyclic) bond motifs is 3. The van der Waals surface area contributed by atoms with Gasteiger partial charge in [0.2, 0.25) is 0 Å². The molecule has 4 rings (SSSR count). The molecule has 5 atom stereocenters. The fourth-order valence-corrected chi connectivity index (χ4v) is 9.47. The summed E-state index contributed by atoms with van der Waals surface area (Å²) in [5.74, 6) is 1.30. The Morgan fingerprint density at radius 1 is 0.955 bits per heavy atom. The van der Waals surface area contributed by atoms with E-state index < -0.39 is 10.8 Å². The van der Waals surface area contributed by atoms with Crippen molar-refractivity contribution in [2.75, 3.05) is 6.54 Å². The molecular formula is C38H59N3O3. The molecule has 1 heterocycles. The first kappa shape index (κ1) is 34.6. The summed E-state index contributed by atoms with van der Waals surface area (Å²) < 4.78 is 5.29. The van der Waals surface area contributed by atoms with E-state index in [2.05, 4.69) is 65.0 Å². The molecule has 0 unspecified atom stereocenters. The number of aryl methyl sites for hydroxylation is 1. The Hall–Kier alpha value is -2.26. The summed E-state index contributed by atoms with van der Waals surface area (Å²) in [4.78, 5) is 27.3. The number of rotatable bonds is 4. The highest BCUT2D eigenvalue weighted by Gasteiger charge is 2.63. The molecule has 0 bridgehead atoms. The van der Waals surface area contributed by atoms with Crippen LogP contribution in [0.3, 0.4) is 0 Å². The van der Waals surface area contributed by atoms with Gasteiger partial charge in [-0.25, -0.2) is 0 Å². The SMILES string of the molecule is Cc1cc(CNC[C@@]2(C)CCC(C)(C)CCCC(=O)C[C@@H]3[C@@]4(C)C=C(C#N)C(=O)C(C)(C)[C@@H]4CC[C@@]3(C)C(C)(C)CC2)no1. The highest BCUT2D eigenvalue weighted by atomic mass is 16.5. The minimum atomic E-state index is -0.626. The molecule has 3 aliphatic carbocycles. The van der Waals surface area contributed by atoms with Crippen LogP contribution in [-0.2, 0) is 16.1 Å². The number of aromatic nitrogens is 1. The van der Waals surface area contributed by atoms with Crippen molar-refractivity contribution in [2.45, 2.75) is 140 Å². The minimum Gasteiger partial charge on any atom is -0.361 e. The molecule has 0 aromatic carbocycles. The molecule has 0 saturated heterocycles. The molecule has 6 nitrogen and oxygen atoms in total. The first-order valence-corrected chi connectivity index (χ1v) is 17.1. The van der Waals surface area contributed by atoms with Crippen molar-refractivity contribution in [1.82, 2.24) is 10.5 Å². The molecule has 2 fully saturated rings. The Labute approximate surface area is 267 Å². The monoisotopic (exact) mass is 605 g/mol. The van der Waals surface area contributed by atoms with Gasteiger partial charge < -0.3 is 9.84 Å². The average molecular weight is 606 g/mol. The van der Waals surface area contributed by atoms with Crippen molar-refractivity contribution < 1.29 is 14.1 Å². The van der Waals surface area contributed by atoms with Crippen molar-refractivity contribution in [3.05, 3.63) is 29.2 Å². The van der Waals surface area contributed by atoms with Crippen LogP contribution >= 0.6 is 0 Å². The van der Waals surface area contributed by atoms with Crippen molar-refractivity contribution in [3.63, 3.8) is 0 Å². The molecule has 0 spiro atoms. The third-order valence-electron chi connectivity index (χ3n) is 13.1. The normalized spacial score (nSPS) is 35.9. The van der Waals surface area contributed by atoms with Crippen molar-refractivity contribution in [1.29, 1.82) is 5.26 Å². The molecule has 1 aromatic heterocycles. The summed E-state index contributed by atoms with van der Waals surface area (Å²) in [6.07, 6.45) is 11.4. The lowest BCUT2D eigenvalue weighted by molar-refractivity contribution is -0.156. The number of nitriles is 1. The predicted octanol–water partition coefficient (Wildman–Crippen LogP) is 8.93. The molecule has 0 amide bonds. The van der Waals surface area contributed by atoms with E-state index in [1.807, 2.05) is 32.9 Å². The molecule has 1 aromatic rings. The Balaban J connectivity index is 1.70. The van der Waals surface area contributed by atoms with E-state index >= 15 is 0 Å². The quantitative estimate of drug-likeness (QED) is 0.368. The summed E-state index contributed by atoms with van der Waals surface area (Å²) in [5, 5.41) is 18.0. The Morgan fingerprint density at radius 2 is 1.64 bits per heavy atom. The molecule has 244 valence electrons. The number of nitrogens with zero attached hydrogens (tertiary/aromatic N) is 2. The molecular weight excluding hydrogens is 546 g/mol. The van der Waals surface area contributed by atoms with E-state index in [1.54, 1.807) is 0 Å².